The Hall–Kier alpha value is -2.53. The number of anilines is 1. The minimum absolute atomic E-state index is 0.0356. The summed E-state index contributed by atoms with van der Waals surface area (Å²) in [4.78, 5) is 12.1. The standard InChI is InChI=1S/C23H29NO4/c1-23(2,3)17-6-10-19(11-7-17)28-16-22(25)24-18-8-12-20(13-9-18)27-15-21-5-4-14-26-21/h6-13,21H,4-5,14-16H2,1-3H3,(H,24,25)/t21-/m1/s1. The summed E-state index contributed by atoms with van der Waals surface area (Å²) in [7, 11) is 0. The van der Waals surface area contributed by atoms with E-state index < -0.39 is 0 Å². The van der Waals surface area contributed by atoms with Crippen LogP contribution in [0.4, 0.5) is 5.69 Å². The van der Waals surface area contributed by atoms with E-state index in [2.05, 4.69) is 26.1 Å². The lowest BCUT2D eigenvalue weighted by Gasteiger charge is -2.19. The number of ether oxygens (including phenoxy) is 3. The van der Waals surface area contributed by atoms with Crippen LogP contribution in [0.15, 0.2) is 48.5 Å². The Kier molecular flexibility index (Phi) is 6.57. The van der Waals surface area contributed by atoms with Gasteiger partial charge >= 0.3 is 0 Å². The number of rotatable bonds is 7. The monoisotopic (exact) mass is 383 g/mol. The highest BCUT2D eigenvalue weighted by Crippen LogP contribution is 2.24. The average Bonchev–Trinajstić information content (AvgIpc) is 3.19. The van der Waals surface area contributed by atoms with Crippen LogP contribution in [0, 0.1) is 0 Å². The number of hydrogen-bond acceptors (Lipinski definition) is 4. The SMILES string of the molecule is CC(C)(C)c1ccc(OCC(=O)Nc2ccc(OC[C@H]3CCCO3)cc2)cc1. The second-order valence-corrected chi connectivity index (χ2v) is 8.08. The summed E-state index contributed by atoms with van der Waals surface area (Å²) >= 11 is 0. The molecule has 0 spiro atoms. The van der Waals surface area contributed by atoms with Gasteiger partial charge in [0.1, 0.15) is 18.1 Å². The van der Waals surface area contributed by atoms with E-state index >= 15 is 0 Å². The van der Waals surface area contributed by atoms with Crippen molar-refractivity contribution in [3.05, 3.63) is 54.1 Å². The smallest absolute Gasteiger partial charge is 0.262 e. The molecule has 0 saturated carbocycles. The van der Waals surface area contributed by atoms with E-state index in [1.807, 2.05) is 48.5 Å². The number of nitrogens with one attached hydrogen (secondary N) is 1. The minimum Gasteiger partial charge on any atom is -0.491 e. The normalized spacial score (nSPS) is 16.6. The molecule has 5 nitrogen and oxygen atoms in total. The number of hydrogen-bond donors (Lipinski definition) is 1. The fourth-order valence-corrected chi connectivity index (χ4v) is 3.00. The van der Waals surface area contributed by atoms with Crippen molar-refractivity contribution in [2.75, 3.05) is 25.1 Å². The van der Waals surface area contributed by atoms with Crippen molar-refractivity contribution in [3.8, 4) is 11.5 Å². The average molecular weight is 383 g/mol. The maximum atomic E-state index is 12.1. The summed E-state index contributed by atoms with van der Waals surface area (Å²) in [5.74, 6) is 1.25. The second kappa shape index (κ2) is 9.11. The van der Waals surface area contributed by atoms with Gasteiger partial charge in [-0.3, -0.25) is 4.79 Å². The molecular formula is C23H29NO4. The van der Waals surface area contributed by atoms with E-state index in [0.29, 0.717) is 18.0 Å². The highest BCUT2D eigenvalue weighted by molar-refractivity contribution is 5.91. The summed E-state index contributed by atoms with van der Waals surface area (Å²) in [6, 6.07) is 15.2. The number of benzene rings is 2. The lowest BCUT2D eigenvalue weighted by Crippen LogP contribution is -2.20. The first-order chi connectivity index (χ1) is 13.4. The van der Waals surface area contributed by atoms with Crippen LogP contribution in [0.25, 0.3) is 0 Å². The van der Waals surface area contributed by atoms with E-state index in [0.717, 1.165) is 25.2 Å². The van der Waals surface area contributed by atoms with Crippen molar-refractivity contribution in [2.24, 2.45) is 0 Å². The van der Waals surface area contributed by atoms with Crippen LogP contribution in [0.3, 0.4) is 0 Å². The van der Waals surface area contributed by atoms with E-state index in [4.69, 9.17) is 14.2 Å². The zero-order valence-electron chi connectivity index (χ0n) is 16.9. The number of amides is 1. The number of carbonyl (C=O) groups excluding carboxylic acids is 1. The van der Waals surface area contributed by atoms with Gasteiger partial charge in [-0.25, -0.2) is 0 Å². The lowest BCUT2D eigenvalue weighted by atomic mass is 9.87. The van der Waals surface area contributed by atoms with Gasteiger partial charge in [-0.05, 0) is 60.2 Å². The third kappa shape index (κ3) is 5.99. The minimum atomic E-state index is -0.201. The quantitative estimate of drug-likeness (QED) is 0.761. The van der Waals surface area contributed by atoms with Gasteiger partial charge in [0.2, 0.25) is 0 Å². The molecule has 1 heterocycles. The first-order valence-electron chi connectivity index (χ1n) is 9.78. The van der Waals surface area contributed by atoms with Gasteiger partial charge in [0.15, 0.2) is 6.61 Å². The molecule has 0 radical (unpaired) electrons. The molecule has 0 aliphatic carbocycles. The van der Waals surface area contributed by atoms with E-state index in [9.17, 15) is 4.79 Å². The van der Waals surface area contributed by atoms with Crippen molar-refractivity contribution in [3.63, 3.8) is 0 Å². The summed E-state index contributed by atoms with van der Waals surface area (Å²) < 4.78 is 16.8. The molecule has 2 aromatic rings. The molecule has 1 atom stereocenters. The molecule has 1 aliphatic rings. The Morgan fingerprint density at radius 1 is 1.04 bits per heavy atom. The van der Waals surface area contributed by atoms with Crippen LogP contribution in [-0.2, 0) is 14.9 Å². The Labute approximate surface area is 167 Å². The molecule has 150 valence electrons. The van der Waals surface area contributed by atoms with Gasteiger partial charge in [0.05, 0.1) is 6.10 Å². The molecule has 28 heavy (non-hydrogen) atoms. The van der Waals surface area contributed by atoms with Crippen molar-refractivity contribution < 1.29 is 19.0 Å². The summed E-state index contributed by atoms with van der Waals surface area (Å²) in [6.07, 6.45) is 2.34. The molecule has 1 saturated heterocycles. The third-order valence-corrected chi connectivity index (χ3v) is 4.69. The molecule has 5 heteroatoms. The topological polar surface area (TPSA) is 56.8 Å². The van der Waals surface area contributed by atoms with Crippen LogP contribution in [0.2, 0.25) is 0 Å². The summed E-state index contributed by atoms with van der Waals surface area (Å²) in [6.45, 7) is 7.83. The molecular weight excluding hydrogens is 354 g/mol. The predicted molar refractivity (Wildman–Crippen MR) is 110 cm³/mol. The molecule has 0 unspecified atom stereocenters. The van der Waals surface area contributed by atoms with Crippen LogP contribution >= 0.6 is 0 Å². The zero-order chi connectivity index (χ0) is 20.0. The molecule has 0 bridgehead atoms. The Morgan fingerprint density at radius 3 is 2.29 bits per heavy atom. The molecule has 1 N–H and O–H groups in total. The Balaban J connectivity index is 1.42. The first kappa shape index (κ1) is 20.2. The zero-order valence-corrected chi connectivity index (χ0v) is 16.9. The molecule has 0 aromatic heterocycles. The van der Waals surface area contributed by atoms with Gasteiger partial charge in [-0.2, -0.15) is 0 Å². The molecule has 1 aliphatic heterocycles. The first-order valence-corrected chi connectivity index (χ1v) is 9.78. The van der Waals surface area contributed by atoms with Gasteiger partial charge in [-0.15, -0.1) is 0 Å². The van der Waals surface area contributed by atoms with Crippen LogP contribution in [0.1, 0.15) is 39.2 Å². The predicted octanol–water partition coefficient (Wildman–Crippen LogP) is 4.56. The van der Waals surface area contributed by atoms with E-state index in [-0.39, 0.29) is 24.0 Å². The molecule has 3 rings (SSSR count). The van der Waals surface area contributed by atoms with Gasteiger partial charge in [-0.1, -0.05) is 32.9 Å². The fraction of sp³-hybridized carbons (Fsp3) is 0.435. The van der Waals surface area contributed by atoms with E-state index in [1.54, 1.807) is 0 Å². The van der Waals surface area contributed by atoms with Gasteiger partial charge in [0.25, 0.3) is 5.91 Å². The van der Waals surface area contributed by atoms with Crippen molar-refractivity contribution in [2.45, 2.75) is 45.1 Å². The van der Waals surface area contributed by atoms with Crippen LogP contribution in [0.5, 0.6) is 11.5 Å². The van der Waals surface area contributed by atoms with E-state index in [1.165, 1.54) is 5.56 Å². The lowest BCUT2D eigenvalue weighted by molar-refractivity contribution is -0.118. The highest BCUT2D eigenvalue weighted by Gasteiger charge is 2.16. The third-order valence-electron chi connectivity index (χ3n) is 4.69. The largest absolute Gasteiger partial charge is 0.491 e. The Morgan fingerprint density at radius 2 is 1.68 bits per heavy atom. The van der Waals surface area contributed by atoms with Crippen molar-refractivity contribution in [1.82, 2.24) is 0 Å². The highest BCUT2D eigenvalue weighted by atomic mass is 16.5. The van der Waals surface area contributed by atoms with Crippen molar-refractivity contribution in [1.29, 1.82) is 0 Å². The molecule has 1 fully saturated rings. The molecule has 1 amide bonds. The fourth-order valence-electron chi connectivity index (χ4n) is 3.00. The van der Waals surface area contributed by atoms with Gasteiger partial charge in [0, 0.05) is 12.3 Å². The molecule has 2 aromatic carbocycles. The van der Waals surface area contributed by atoms with Crippen molar-refractivity contribution >= 4 is 11.6 Å². The van der Waals surface area contributed by atoms with Gasteiger partial charge < -0.3 is 19.5 Å². The maximum absolute atomic E-state index is 12.1. The van der Waals surface area contributed by atoms with Crippen LogP contribution in [-0.4, -0.2) is 31.8 Å². The second-order valence-electron chi connectivity index (χ2n) is 8.08. The summed E-state index contributed by atoms with van der Waals surface area (Å²) in [5.41, 5.74) is 2.03. The number of carbonyl (C=O) groups is 1. The maximum Gasteiger partial charge on any atom is 0.262 e. The van der Waals surface area contributed by atoms with Crippen LogP contribution < -0.4 is 14.8 Å². The Bertz CT molecular complexity index is 757. The summed E-state index contributed by atoms with van der Waals surface area (Å²) in [5, 5.41) is 2.83.